The van der Waals surface area contributed by atoms with E-state index in [0.717, 1.165) is 11.3 Å². The molecule has 96 valence electrons. The molecule has 1 aromatic carbocycles. The Morgan fingerprint density at radius 1 is 1.33 bits per heavy atom. The summed E-state index contributed by atoms with van der Waals surface area (Å²) in [6.45, 7) is 2.62. The molecule has 0 saturated carbocycles. The maximum atomic E-state index is 6.10. The van der Waals surface area contributed by atoms with Crippen molar-refractivity contribution in [2.45, 2.75) is 13.5 Å². The number of aromatic nitrogens is 2. The zero-order chi connectivity index (χ0) is 13.3. The normalized spacial score (nSPS) is 10.7. The van der Waals surface area contributed by atoms with Crippen LogP contribution in [0.25, 0.3) is 0 Å². The van der Waals surface area contributed by atoms with Gasteiger partial charge in [0.25, 0.3) is 0 Å². The van der Waals surface area contributed by atoms with Crippen LogP contribution in [0.3, 0.4) is 0 Å². The zero-order valence-electron chi connectivity index (χ0n) is 10.2. The van der Waals surface area contributed by atoms with Crippen molar-refractivity contribution in [2.24, 2.45) is 7.05 Å². The van der Waals surface area contributed by atoms with Crippen LogP contribution >= 0.6 is 23.2 Å². The molecule has 0 saturated heterocycles. The predicted octanol–water partition coefficient (Wildman–Crippen LogP) is 3.23. The predicted molar refractivity (Wildman–Crippen MR) is 76.1 cm³/mol. The van der Waals surface area contributed by atoms with Gasteiger partial charge in [-0.15, -0.1) is 0 Å². The lowest BCUT2D eigenvalue weighted by molar-refractivity contribution is 0.738. The molecule has 1 heterocycles. The van der Waals surface area contributed by atoms with Crippen LogP contribution in [0.4, 0.5) is 11.4 Å². The highest BCUT2D eigenvalue weighted by Crippen LogP contribution is 2.33. The van der Waals surface area contributed by atoms with Gasteiger partial charge in [-0.05, 0) is 19.1 Å². The van der Waals surface area contributed by atoms with Crippen molar-refractivity contribution in [3.63, 3.8) is 0 Å². The van der Waals surface area contributed by atoms with Crippen molar-refractivity contribution in [3.05, 3.63) is 39.6 Å². The molecule has 0 radical (unpaired) electrons. The van der Waals surface area contributed by atoms with Gasteiger partial charge in [-0.1, -0.05) is 23.2 Å². The minimum absolute atomic E-state index is 0.515. The van der Waals surface area contributed by atoms with Crippen molar-refractivity contribution in [2.75, 3.05) is 11.1 Å². The highest BCUT2D eigenvalue weighted by molar-refractivity contribution is 6.39. The molecule has 0 bridgehead atoms. The van der Waals surface area contributed by atoms with Crippen LogP contribution in [0.2, 0.25) is 10.0 Å². The number of nitrogens with zero attached hydrogens (tertiary/aromatic N) is 2. The molecule has 0 spiro atoms. The minimum atomic E-state index is 0.515. The van der Waals surface area contributed by atoms with E-state index in [1.54, 1.807) is 12.1 Å². The van der Waals surface area contributed by atoms with Crippen LogP contribution in [0.5, 0.6) is 0 Å². The van der Waals surface area contributed by atoms with E-state index in [1.807, 2.05) is 24.9 Å². The Balaban J connectivity index is 2.18. The van der Waals surface area contributed by atoms with E-state index in [-0.39, 0.29) is 0 Å². The Bertz CT molecular complexity index is 554. The smallest absolute Gasteiger partial charge is 0.0723 e. The first-order valence-electron chi connectivity index (χ1n) is 5.45. The number of hydrogen-bond acceptors (Lipinski definition) is 3. The van der Waals surface area contributed by atoms with E-state index in [0.29, 0.717) is 28.0 Å². The van der Waals surface area contributed by atoms with E-state index < -0.39 is 0 Å². The zero-order valence-corrected chi connectivity index (χ0v) is 11.7. The first kappa shape index (κ1) is 13.1. The number of nitrogen functional groups attached to an aromatic ring is 1. The van der Waals surface area contributed by atoms with Gasteiger partial charge in [0.2, 0.25) is 0 Å². The molecule has 2 aromatic rings. The van der Waals surface area contributed by atoms with E-state index in [2.05, 4.69) is 10.4 Å². The van der Waals surface area contributed by atoms with Gasteiger partial charge in [-0.25, -0.2) is 0 Å². The third kappa shape index (κ3) is 2.54. The molecule has 1 aromatic heterocycles. The monoisotopic (exact) mass is 284 g/mol. The fraction of sp³-hybridized carbons (Fsp3) is 0.250. The standard InChI is InChI=1S/C12H14Cl2N4/c1-7-8(6-17-18(7)2)5-16-12-10(13)3-9(15)4-11(12)14/h3-4,6,16H,5,15H2,1-2H3. The molecule has 0 aliphatic heterocycles. The van der Waals surface area contributed by atoms with Crippen LogP contribution < -0.4 is 11.1 Å². The quantitative estimate of drug-likeness (QED) is 0.851. The molecule has 0 aliphatic rings. The molecule has 6 heteroatoms. The van der Waals surface area contributed by atoms with E-state index >= 15 is 0 Å². The summed E-state index contributed by atoms with van der Waals surface area (Å²) >= 11 is 12.2. The van der Waals surface area contributed by atoms with Crippen LogP contribution in [-0.4, -0.2) is 9.78 Å². The van der Waals surface area contributed by atoms with Gasteiger partial charge in [0.15, 0.2) is 0 Å². The van der Waals surface area contributed by atoms with E-state index in [1.165, 1.54) is 0 Å². The molecule has 0 unspecified atom stereocenters. The molecule has 4 nitrogen and oxygen atoms in total. The summed E-state index contributed by atoms with van der Waals surface area (Å²) in [5.74, 6) is 0. The van der Waals surface area contributed by atoms with Crippen molar-refractivity contribution in [1.29, 1.82) is 0 Å². The molecule has 0 aliphatic carbocycles. The van der Waals surface area contributed by atoms with Crippen LogP contribution in [0.1, 0.15) is 11.3 Å². The van der Waals surface area contributed by atoms with Gasteiger partial charge in [-0.2, -0.15) is 5.10 Å². The van der Waals surface area contributed by atoms with Gasteiger partial charge < -0.3 is 11.1 Å². The summed E-state index contributed by atoms with van der Waals surface area (Å²) < 4.78 is 1.82. The van der Waals surface area contributed by atoms with Crippen LogP contribution in [-0.2, 0) is 13.6 Å². The summed E-state index contributed by atoms with van der Waals surface area (Å²) in [6, 6.07) is 3.34. The molecule has 3 N–H and O–H groups in total. The highest BCUT2D eigenvalue weighted by atomic mass is 35.5. The number of anilines is 2. The van der Waals surface area contributed by atoms with Gasteiger partial charge >= 0.3 is 0 Å². The maximum Gasteiger partial charge on any atom is 0.0723 e. The largest absolute Gasteiger partial charge is 0.399 e. The Morgan fingerprint density at radius 3 is 2.44 bits per heavy atom. The Morgan fingerprint density at radius 2 is 1.94 bits per heavy atom. The molecule has 18 heavy (non-hydrogen) atoms. The third-order valence-corrected chi connectivity index (χ3v) is 3.45. The summed E-state index contributed by atoms with van der Waals surface area (Å²) in [7, 11) is 1.90. The second-order valence-electron chi connectivity index (χ2n) is 4.09. The second-order valence-corrected chi connectivity index (χ2v) is 4.91. The molecular formula is C12H14Cl2N4. The van der Waals surface area contributed by atoms with Gasteiger partial charge in [-0.3, -0.25) is 4.68 Å². The SMILES string of the molecule is Cc1c(CNc2c(Cl)cc(N)cc2Cl)cnn1C. The summed E-state index contributed by atoms with van der Waals surface area (Å²) in [5, 5.41) is 8.41. The molecule has 0 atom stereocenters. The van der Waals surface area contributed by atoms with E-state index in [9.17, 15) is 0 Å². The number of rotatable bonds is 3. The molecule has 2 rings (SSSR count). The average molecular weight is 285 g/mol. The Labute approximate surface area is 116 Å². The fourth-order valence-electron chi connectivity index (χ4n) is 1.66. The first-order valence-corrected chi connectivity index (χ1v) is 6.20. The van der Waals surface area contributed by atoms with Crippen molar-refractivity contribution < 1.29 is 0 Å². The topological polar surface area (TPSA) is 55.9 Å². The first-order chi connectivity index (χ1) is 8.49. The Hall–Kier alpha value is -1.39. The number of benzene rings is 1. The number of halogens is 2. The summed E-state index contributed by atoms with van der Waals surface area (Å²) in [6.07, 6.45) is 1.82. The fourth-order valence-corrected chi connectivity index (χ4v) is 2.30. The lowest BCUT2D eigenvalue weighted by Gasteiger charge is -2.11. The molecular weight excluding hydrogens is 271 g/mol. The van der Waals surface area contributed by atoms with Crippen molar-refractivity contribution in [1.82, 2.24) is 9.78 Å². The lowest BCUT2D eigenvalue weighted by Crippen LogP contribution is -2.03. The summed E-state index contributed by atoms with van der Waals surface area (Å²) in [5.41, 5.74) is 9.09. The van der Waals surface area contributed by atoms with Crippen molar-refractivity contribution in [3.8, 4) is 0 Å². The number of aryl methyl sites for hydroxylation is 1. The summed E-state index contributed by atoms with van der Waals surface area (Å²) in [4.78, 5) is 0. The molecule has 0 fully saturated rings. The van der Waals surface area contributed by atoms with E-state index in [4.69, 9.17) is 28.9 Å². The number of nitrogens with one attached hydrogen (secondary N) is 1. The third-order valence-electron chi connectivity index (χ3n) is 2.86. The molecule has 0 amide bonds. The van der Waals surface area contributed by atoms with Gasteiger partial charge in [0.1, 0.15) is 0 Å². The average Bonchev–Trinajstić information content (AvgIpc) is 2.59. The minimum Gasteiger partial charge on any atom is -0.399 e. The number of hydrogen-bond donors (Lipinski definition) is 2. The second kappa shape index (κ2) is 5.08. The van der Waals surface area contributed by atoms with Crippen LogP contribution in [0, 0.1) is 6.92 Å². The van der Waals surface area contributed by atoms with Crippen molar-refractivity contribution >= 4 is 34.6 Å². The number of nitrogens with two attached hydrogens (primary N) is 1. The maximum absolute atomic E-state index is 6.10. The lowest BCUT2D eigenvalue weighted by atomic mass is 10.2. The van der Waals surface area contributed by atoms with Crippen LogP contribution in [0.15, 0.2) is 18.3 Å². The Kier molecular flexibility index (Phi) is 3.68. The highest BCUT2D eigenvalue weighted by Gasteiger charge is 2.09. The van der Waals surface area contributed by atoms with Gasteiger partial charge in [0, 0.05) is 30.5 Å². The van der Waals surface area contributed by atoms with Gasteiger partial charge in [0.05, 0.1) is 21.9 Å².